The fraction of sp³-hybridized carbons (Fsp3) is 0.353. The molecule has 5 nitrogen and oxygen atoms in total. The maximum atomic E-state index is 12.8. The topological polar surface area (TPSA) is 66.3 Å². The van der Waals surface area contributed by atoms with Gasteiger partial charge in [0.25, 0.3) is 12.3 Å². The van der Waals surface area contributed by atoms with Gasteiger partial charge >= 0.3 is 0 Å². The summed E-state index contributed by atoms with van der Waals surface area (Å²) in [6.07, 6.45) is -1.29. The lowest BCUT2D eigenvalue weighted by atomic mass is 10.1. The molecule has 0 spiro atoms. The molecule has 0 saturated heterocycles. The summed E-state index contributed by atoms with van der Waals surface area (Å²) >= 11 is 0. The van der Waals surface area contributed by atoms with E-state index in [1.807, 2.05) is 37.3 Å². The van der Waals surface area contributed by atoms with Crippen LogP contribution in [0, 0.1) is 0 Å². The highest BCUT2D eigenvalue weighted by Crippen LogP contribution is 2.19. The quantitative estimate of drug-likeness (QED) is 0.845. The summed E-state index contributed by atoms with van der Waals surface area (Å²) in [7, 11) is 0. The van der Waals surface area contributed by atoms with E-state index >= 15 is 0 Å². The molecule has 0 aliphatic rings. The number of hydrogen-bond acceptors (Lipinski definition) is 4. The van der Waals surface area contributed by atoms with Gasteiger partial charge in [-0.05, 0) is 18.1 Å². The third-order valence-corrected chi connectivity index (χ3v) is 3.71. The van der Waals surface area contributed by atoms with Gasteiger partial charge in [-0.1, -0.05) is 37.3 Å². The van der Waals surface area contributed by atoms with Gasteiger partial charge in [-0.3, -0.25) is 4.79 Å². The minimum absolute atomic E-state index is 0.108. The molecule has 2 rings (SSSR count). The smallest absolute Gasteiger partial charge is 0.280 e. The van der Waals surface area contributed by atoms with Crippen molar-refractivity contribution in [3.05, 3.63) is 59.7 Å². The van der Waals surface area contributed by atoms with Crippen LogP contribution in [0.15, 0.2) is 42.7 Å². The normalized spacial score (nSPS) is 12.2. The Morgan fingerprint density at radius 2 is 1.96 bits per heavy atom. The summed E-state index contributed by atoms with van der Waals surface area (Å²) in [5.41, 5.74) is 0.272. The van der Waals surface area contributed by atoms with Crippen molar-refractivity contribution in [3.8, 4) is 0 Å². The Hall–Kier alpha value is -2.41. The molecule has 1 aromatic heterocycles. The Balaban J connectivity index is 2.32. The Morgan fingerprint density at radius 3 is 2.54 bits per heavy atom. The van der Waals surface area contributed by atoms with E-state index in [1.165, 1.54) is 4.90 Å². The number of hydrogen-bond donors (Lipinski definition) is 1. The van der Waals surface area contributed by atoms with E-state index in [4.69, 9.17) is 0 Å². The first kappa shape index (κ1) is 17.9. The third-order valence-electron chi connectivity index (χ3n) is 3.71. The minimum Gasteiger partial charge on any atom is -0.394 e. The molecule has 1 amide bonds. The van der Waals surface area contributed by atoms with Crippen LogP contribution in [0.25, 0.3) is 0 Å². The fourth-order valence-corrected chi connectivity index (χ4v) is 2.35. The second-order valence-electron chi connectivity index (χ2n) is 5.29. The molecule has 1 atom stereocenters. The highest BCUT2D eigenvalue weighted by Gasteiger charge is 2.25. The van der Waals surface area contributed by atoms with Crippen LogP contribution in [0.4, 0.5) is 8.78 Å². The molecular weight excluding hydrogens is 316 g/mol. The van der Waals surface area contributed by atoms with Gasteiger partial charge in [0.1, 0.15) is 17.7 Å². The zero-order valence-corrected chi connectivity index (χ0v) is 13.3. The maximum Gasteiger partial charge on any atom is 0.280 e. The standard InChI is InChI=1S/C17H19F2N3O2/c1-2-13(10-23)22(9-12-6-4-3-5-7-12)17(24)15-8-14(16(18)19)20-11-21-15/h3-8,11,13,16,23H,2,9-10H2,1H3/t13-/m0/s1. The van der Waals surface area contributed by atoms with E-state index in [0.29, 0.717) is 6.42 Å². The Labute approximate surface area is 139 Å². The average Bonchev–Trinajstić information content (AvgIpc) is 2.62. The molecule has 0 saturated carbocycles. The molecule has 0 radical (unpaired) electrons. The van der Waals surface area contributed by atoms with Crippen molar-refractivity contribution in [1.29, 1.82) is 0 Å². The molecule has 128 valence electrons. The lowest BCUT2D eigenvalue weighted by Crippen LogP contribution is -2.42. The van der Waals surface area contributed by atoms with E-state index in [2.05, 4.69) is 9.97 Å². The number of rotatable bonds is 7. The monoisotopic (exact) mass is 335 g/mol. The van der Waals surface area contributed by atoms with Crippen molar-refractivity contribution in [1.82, 2.24) is 14.9 Å². The first-order chi connectivity index (χ1) is 11.6. The largest absolute Gasteiger partial charge is 0.394 e. The lowest BCUT2D eigenvalue weighted by Gasteiger charge is -2.30. The molecule has 1 aromatic carbocycles. The summed E-state index contributed by atoms with van der Waals surface area (Å²) in [4.78, 5) is 21.5. The number of aromatic nitrogens is 2. The molecule has 7 heteroatoms. The van der Waals surface area contributed by atoms with Gasteiger partial charge in [0.05, 0.1) is 12.6 Å². The van der Waals surface area contributed by atoms with Crippen LogP contribution in [-0.4, -0.2) is 38.5 Å². The van der Waals surface area contributed by atoms with Crippen LogP contribution in [0.2, 0.25) is 0 Å². The van der Waals surface area contributed by atoms with Gasteiger partial charge in [-0.15, -0.1) is 0 Å². The summed E-state index contributed by atoms with van der Waals surface area (Å²) < 4.78 is 25.6. The van der Waals surface area contributed by atoms with Crippen molar-refractivity contribution in [2.75, 3.05) is 6.61 Å². The molecule has 0 fully saturated rings. The van der Waals surface area contributed by atoms with Gasteiger partial charge in [0.2, 0.25) is 0 Å². The SMILES string of the molecule is CC[C@@H](CO)N(Cc1ccccc1)C(=O)c1cc(C(F)F)ncn1. The fourth-order valence-electron chi connectivity index (χ4n) is 2.35. The van der Waals surface area contributed by atoms with Gasteiger partial charge in [0, 0.05) is 6.54 Å². The van der Waals surface area contributed by atoms with Crippen LogP contribution in [0.1, 0.15) is 41.5 Å². The Kier molecular flexibility index (Phi) is 6.31. The van der Waals surface area contributed by atoms with Gasteiger partial charge in [-0.25, -0.2) is 18.7 Å². The highest BCUT2D eigenvalue weighted by atomic mass is 19.3. The maximum absolute atomic E-state index is 12.8. The first-order valence-electron chi connectivity index (χ1n) is 7.62. The number of carbonyl (C=O) groups excluding carboxylic acids is 1. The zero-order valence-electron chi connectivity index (χ0n) is 13.3. The molecule has 0 bridgehead atoms. The molecular formula is C17H19F2N3O2. The summed E-state index contributed by atoms with van der Waals surface area (Å²) in [6.45, 7) is 1.88. The summed E-state index contributed by atoms with van der Waals surface area (Å²) in [5, 5.41) is 9.57. The van der Waals surface area contributed by atoms with Crippen LogP contribution in [-0.2, 0) is 6.54 Å². The predicted molar refractivity (Wildman–Crippen MR) is 84.5 cm³/mol. The van der Waals surface area contributed by atoms with Gasteiger partial charge in [-0.2, -0.15) is 0 Å². The van der Waals surface area contributed by atoms with Crippen molar-refractivity contribution >= 4 is 5.91 Å². The number of aliphatic hydroxyl groups excluding tert-OH is 1. The number of benzene rings is 1. The summed E-state index contributed by atoms with van der Waals surface area (Å²) in [6, 6.07) is 9.83. The second kappa shape index (κ2) is 8.44. The average molecular weight is 335 g/mol. The number of alkyl halides is 2. The van der Waals surface area contributed by atoms with E-state index in [1.54, 1.807) is 0 Å². The van der Waals surface area contributed by atoms with E-state index in [0.717, 1.165) is 18.0 Å². The number of carbonyl (C=O) groups is 1. The summed E-state index contributed by atoms with van der Waals surface area (Å²) in [5.74, 6) is -0.510. The van der Waals surface area contributed by atoms with Crippen LogP contribution < -0.4 is 0 Å². The number of aliphatic hydroxyl groups is 1. The van der Waals surface area contributed by atoms with Gasteiger partial charge < -0.3 is 10.0 Å². The predicted octanol–water partition coefficient (Wildman–Crippen LogP) is 2.83. The number of nitrogens with zero attached hydrogens (tertiary/aromatic N) is 3. The van der Waals surface area contributed by atoms with Gasteiger partial charge in [0.15, 0.2) is 0 Å². The van der Waals surface area contributed by atoms with Crippen LogP contribution in [0.3, 0.4) is 0 Å². The first-order valence-corrected chi connectivity index (χ1v) is 7.62. The van der Waals surface area contributed by atoms with Crippen molar-refractivity contribution < 1.29 is 18.7 Å². The van der Waals surface area contributed by atoms with E-state index in [9.17, 15) is 18.7 Å². The second-order valence-corrected chi connectivity index (χ2v) is 5.29. The minimum atomic E-state index is -2.78. The zero-order chi connectivity index (χ0) is 17.5. The lowest BCUT2D eigenvalue weighted by molar-refractivity contribution is 0.0557. The van der Waals surface area contributed by atoms with Crippen molar-refractivity contribution in [2.45, 2.75) is 32.4 Å². The highest BCUT2D eigenvalue weighted by molar-refractivity contribution is 5.92. The van der Waals surface area contributed by atoms with Crippen LogP contribution >= 0.6 is 0 Å². The molecule has 0 aliphatic heterocycles. The van der Waals surface area contributed by atoms with E-state index < -0.39 is 24.1 Å². The number of amides is 1. The molecule has 2 aromatic rings. The Morgan fingerprint density at radius 1 is 1.25 bits per heavy atom. The van der Waals surface area contributed by atoms with Crippen molar-refractivity contribution in [2.24, 2.45) is 0 Å². The third kappa shape index (κ3) is 4.32. The molecule has 0 unspecified atom stereocenters. The molecule has 1 N–H and O–H groups in total. The molecule has 0 aliphatic carbocycles. The van der Waals surface area contributed by atoms with Crippen molar-refractivity contribution in [3.63, 3.8) is 0 Å². The van der Waals surface area contributed by atoms with E-state index in [-0.39, 0.29) is 18.8 Å². The Bertz CT molecular complexity index is 664. The number of halogens is 2. The van der Waals surface area contributed by atoms with Crippen LogP contribution in [0.5, 0.6) is 0 Å². The molecule has 1 heterocycles. The molecule has 24 heavy (non-hydrogen) atoms.